The van der Waals surface area contributed by atoms with Crippen LogP contribution in [0.4, 0.5) is 5.69 Å². The van der Waals surface area contributed by atoms with Gasteiger partial charge in [0, 0.05) is 10.2 Å². The molecule has 1 rings (SSSR count). The molecule has 1 atom stereocenters. The summed E-state index contributed by atoms with van der Waals surface area (Å²) in [5, 5.41) is 5.08. The Labute approximate surface area is 108 Å². The van der Waals surface area contributed by atoms with E-state index in [0.717, 1.165) is 4.47 Å². The van der Waals surface area contributed by atoms with E-state index in [4.69, 9.17) is 5.73 Å². The number of rotatable bonds is 4. The molecule has 6 heteroatoms. The van der Waals surface area contributed by atoms with Crippen molar-refractivity contribution in [3.63, 3.8) is 0 Å². The van der Waals surface area contributed by atoms with Gasteiger partial charge >= 0.3 is 0 Å². The molecule has 0 aromatic heterocycles. The fourth-order valence-electron chi connectivity index (χ4n) is 1.07. The quantitative estimate of drug-likeness (QED) is 0.771. The van der Waals surface area contributed by atoms with Gasteiger partial charge in [0.25, 0.3) is 0 Å². The lowest BCUT2D eigenvalue weighted by atomic mass is 10.3. The molecule has 0 aliphatic rings. The molecule has 0 aliphatic carbocycles. The van der Waals surface area contributed by atoms with E-state index in [2.05, 4.69) is 26.6 Å². The van der Waals surface area contributed by atoms with Gasteiger partial charge in [0.15, 0.2) is 0 Å². The van der Waals surface area contributed by atoms with Crippen LogP contribution in [0.25, 0.3) is 0 Å². The molecule has 1 aromatic carbocycles. The van der Waals surface area contributed by atoms with Crippen molar-refractivity contribution in [2.45, 2.75) is 13.0 Å². The third kappa shape index (κ3) is 4.97. The number of anilines is 1. The molecule has 0 radical (unpaired) electrons. The first-order valence-corrected chi connectivity index (χ1v) is 5.87. The summed E-state index contributed by atoms with van der Waals surface area (Å²) in [7, 11) is 0. The first-order chi connectivity index (χ1) is 7.99. The number of carbonyl (C=O) groups is 2. The van der Waals surface area contributed by atoms with E-state index in [1.807, 2.05) is 12.1 Å². The Balaban J connectivity index is 2.40. The van der Waals surface area contributed by atoms with Gasteiger partial charge in [-0.05, 0) is 31.2 Å². The van der Waals surface area contributed by atoms with Crippen LogP contribution in [-0.4, -0.2) is 24.4 Å². The molecule has 2 amide bonds. The molecule has 0 fully saturated rings. The Morgan fingerprint density at radius 1 is 1.35 bits per heavy atom. The summed E-state index contributed by atoms with van der Waals surface area (Å²) in [6.45, 7) is 1.47. The van der Waals surface area contributed by atoms with Crippen molar-refractivity contribution >= 4 is 33.4 Å². The maximum atomic E-state index is 11.4. The van der Waals surface area contributed by atoms with Crippen LogP contribution in [0.5, 0.6) is 0 Å². The molecule has 0 saturated carbocycles. The highest BCUT2D eigenvalue weighted by Crippen LogP contribution is 2.13. The van der Waals surface area contributed by atoms with Crippen molar-refractivity contribution in [1.82, 2.24) is 5.32 Å². The third-order valence-corrected chi connectivity index (χ3v) is 2.49. The molecule has 0 saturated heterocycles. The van der Waals surface area contributed by atoms with Crippen molar-refractivity contribution in [3.05, 3.63) is 28.7 Å². The van der Waals surface area contributed by atoms with E-state index in [0.29, 0.717) is 5.69 Å². The molecule has 4 N–H and O–H groups in total. The predicted octanol–water partition coefficient (Wildman–Crippen LogP) is 0.851. The number of halogens is 1. The van der Waals surface area contributed by atoms with Gasteiger partial charge in [-0.2, -0.15) is 0 Å². The molecule has 0 spiro atoms. The van der Waals surface area contributed by atoms with Gasteiger partial charge in [-0.25, -0.2) is 0 Å². The lowest BCUT2D eigenvalue weighted by molar-refractivity contribution is -0.124. The fourth-order valence-corrected chi connectivity index (χ4v) is 1.33. The third-order valence-electron chi connectivity index (χ3n) is 1.96. The van der Waals surface area contributed by atoms with Crippen LogP contribution in [0.2, 0.25) is 0 Å². The molecular formula is C11H14BrN3O2. The van der Waals surface area contributed by atoms with E-state index >= 15 is 0 Å². The van der Waals surface area contributed by atoms with Gasteiger partial charge in [0.2, 0.25) is 11.8 Å². The van der Waals surface area contributed by atoms with Crippen LogP contribution in [0.15, 0.2) is 28.7 Å². The van der Waals surface area contributed by atoms with E-state index in [-0.39, 0.29) is 18.4 Å². The molecule has 0 aliphatic heterocycles. The Morgan fingerprint density at radius 3 is 2.47 bits per heavy atom. The monoisotopic (exact) mass is 299 g/mol. The summed E-state index contributed by atoms with van der Waals surface area (Å²) in [5.74, 6) is -0.641. The smallest absolute Gasteiger partial charge is 0.243 e. The van der Waals surface area contributed by atoms with Crippen LogP contribution in [0, 0.1) is 0 Å². The zero-order valence-corrected chi connectivity index (χ0v) is 11.0. The highest BCUT2D eigenvalue weighted by Gasteiger charge is 2.09. The second kappa shape index (κ2) is 6.36. The number of nitrogens with one attached hydrogen (secondary N) is 2. The highest BCUT2D eigenvalue weighted by atomic mass is 79.9. The second-order valence-corrected chi connectivity index (χ2v) is 4.48. The highest BCUT2D eigenvalue weighted by molar-refractivity contribution is 9.10. The minimum absolute atomic E-state index is 0.0869. The standard InChI is InChI=1S/C11H14BrN3O2/c1-7(13)11(17)14-6-10(16)15-9-4-2-8(12)3-5-9/h2-5,7H,6,13H2,1H3,(H,14,17)(H,15,16)/t7-/m1/s1. The summed E-state index contributed by atoms with van der Waals surface area (Å²) in [6.07, 6.45) is 0. The fraction of sp³-hybridized carbons (Fsp3) is 0.273. The Morgan fingerprint density at radius 2 is 1.94 bits per heavy atom. The van der Waals surface area contributed by atoms with Crippen molar-refractivity contribution in [1.29, 1.82) is 0 Å². The maximum Gasteiger partial charge on any atom is 0.243 e. The Bertz CT molecular complexity index is 404. The maximum absolute atomic E-state index is 11.4. The van der Waals surface area contributed by atoms with Crippen molar-refractivity contribution < 1.29 is 9.59 Å². The molecule has 92 valence electrons. The molecule has 0 unspecified atom stereocenters. The van der Waals surface area contributed by atoms with Crippen LogP contribution in [-0.2, 0) is 9.59 Å². The molecule has 5 nitrogen and oxygen atoms in total. The molecule has 0 heterocycles. The zero-order valence-electron chi connectivity index (χ0n) is 9.37. The number of benzene rings is 1. The van der Waals surface area contributed by atoms with E-state index in [1.165, 1.54) is 0 Å². The van der Waals surface area contributed by atoms with Crippen molar-refractivity contribution in [2.75, 3.05) is 11.9 Å². The predicted molar refractivity (Wildman–Crippen MR) is 69.4 cm³/mol. The molecule has 17 heavy (non-hydrogen) atoms. The van der Waals surface area contributed by atoms with Crippen LogP contribution < -0.4 is 16.4 Å². The number of amides is 2. The average Bonchev–Trinajstić information content (AvgIpc) is 2.29. The Hall–Kier alpha value is -1.40. The summed E-state index contributed by atoms with van der Waals surface area (Å²) in [6, 6.07) is 6.53. The van der Waals surface area contributed by atoms with Crippen LogP contribution in [0.1, 0.15) is 6.92 Å². The van der Waals surface area contributed by atoms with Crippen LogP contribution in [0.3, 0.4) is 0 Å². The average molecular weight is 300 g/mol. The largest absolute Gasteiger partial charge is 0.346 e. The molecule has 1 aromatic rings. The lowest BCUT2D eigenvalue weighted by Gasteiger charge is -2.08. The van der Waals surface area contributed by atoms with E-state index in [9.17, 15) is 9.59 Å². The van der Waals surface area contributed by atoms with Gasteiger partial charge in [0.05, 0.1) is 12.6 Å². The number of carbonyl (C=O) groups excluding carboxylic acids is 2. The lowest BCUT2D eigenvalue weighted by Crippen LogP contribution is -2.41. The number of nitrogens with two attached hydrogens (primary N) is 1. The van der Waals surface area contributed by atoms with Gasteiger partial charge in [-0.15, -0.1) is 0 Å². The minimum atomic E-state index is -0.615. The second-order valence-electron chi connectivity index (χ2n) is 3.56. The zero-order chi connectivity index (χ0) is 12.8. The van der Waals surface area contributed by atoms with Gasteiger partial charge < -0.3 is 16.4 Å². The van der Waals surface area contributed by atoms with Crippen molar-refractivity contribution in [3.8, 4) is 0 Å². The van der Waals surface area contributed by atoms with E-state index < -0.39 is 6.04 Å². The topological polar surface area (TPSA) is 84.2 Å². The van der Waals surface area contributed by atoms with Crippen LogP contribution >= 0.6 is 15.9 Å². The van der Waals surface area contributed by atoms with E-state index in [1.54, 1.807) is 19.1 Å². The summed E-state index contributed by atoms with van der Waals surface area (Å²) in [5.41, 5.74) is 6.02. The Kier molecular flexibility index (Phi) is 5.11. The summed E-state index contributed by atoms with van der Waals surface area (Å²) >= 11 is 3.29. The number of hydrogen-bond donors (Lipinski definition) is 3. The first-order valence-electron chi connectivity index (χ1n) is 5.08. The van der Waals surface area contributed by atoms with Gasteiger partial charge in [-0.3, -0.25) is 9.59 Å². The van der Waals surface area contributed by atoms with Crippen molar-refractivity contribution in [2.24, 2.45) is 5.73 Å². The minimum Gasteiger partial charge on any atom is -0.346 e. The molecular weight excluding hydrogens is 286 g/mol. The number of hydrogen-bond acceptors (Lipinski definition) is 3. The van der Waals surface area contributed by atoms with Gasteiger partial charge in [0.1, 0.15) is 0 Å². The summed E-state index contributed by atoms with van der Waals surface area (Å²) < 4.78 is 0.931. The SMILES string of the molecule is C[C@@H](N)C(=O)NCC(=O)Nc1ccc(Br)cc1. The summed E-state index contributed by atoms with van der Waals surface area (Å²) in [4.78, 5) is 22.6. The van der Waals surface area contributed by atoms with Gasteiger partial charge in [-0.1, -0.05) is 15.9 Å². The normalized spacial score (nSPS) is 11.7. The molecule has 0 bridgehead atoms. The first kappa shape index (κ1) is 13.7.